The summed E-state index contributed by atoms with van der Waals surface area (Å²) >= 11 is 0. The Morgan fingerprint density at radius 2 is 0.470 bits per heavy atom. The van der Waals surface area contributed by atoms with Crippen LogP contribution in [0.4, 0.5) is 0 Å². The minimum absolute atomic E-state index is 0.904. The molecule has 23 aromatic carbocycles. The highest BCUT2D eigenvalue weighted by Gasteiger charge is 2.24. The molecule has 4 heteroatoms. The molecule has 4 heterocycles. The average molecular weight is 1680 g/mol. The van der Waals surface area contributed by atoms with Crippen LogP contribution in [0.2, 0.25) is 0 Å². The Kier molecular flexibility index (Phi) is 18.9. The quantitative estimate of drug-likeness (QED) is 0.101. The molecule has 614 valence electrons. The van der Waals surface area contributed by atoms with Crippen LogP contribution in [0.15, 0.2) is 497 Å². The lowest BCUT2D eigenvalue weighted by Crippen LogP contribution is -1.95. The van der Waals surface area contributed by atoms with Crippen molar-refractivity contribution < 1.29 is 0 Å². The van der Waals surface area contributed by atoms with Crippen LogP contribution in [0, 0.1) is 0 Å². The third kappa shape index (κ3) is 13.4. The molecule has 0 aliphatic heterocycles. The number of hydrogen-bond acceptors (Lipinski definition) is 2. The molecule has 0 amide bonds. The summed E-state index contributed by atoms with van der Waals surface area (Å²) in [6, 6.07) is 180. The highest BCUT2D eigenvalue weighted by atomic mass is 15.0. The highest BCUT2D eigenvalue weighted by molar-refractivity contribution is 6.29. The van der Waals surface area contributed by atoms with Gasteiger partial charge in [-0.15, -0.1) is 0 Å². The standard InChI is InChI=1S/C46H29N.C44H28N2.C38H25N/c1-2-14-32(15-3-1)43-37-18-8-10-20-39(37)44(40-21-11-9-19-38(40)43)33-22-26-34(27-23-33)47-41-28-24-30-12-4-6-16-35(30)45(41)46-36-17-7-5-13-31(36)25-29-42(46)47;1-3-13-31(14-4-1)39-27-41(35-21-19-29-11-7-9-17-33(29)25-35)45-43-37(39)23-24-38-40(32-15-5-2-6-16-32)28-42(46-44(38)43)36-22-20-30-12-8-10-18-34(30)26-36;1-2-11-30(12-3-1)39-37-17-9-8-16-34(37)36-24-28(22-23-38(36)39)26-18-20-27(21-19-26)35-25-29-10-4-5-13-31(29)32-14-6-7-15-33(32)35/h1-29H;1-28H;1-25H. The lowest BCUT2D eigenvalue weighted by Gasteiger charge is -2.18. The van der Waals surface area contributed by atoms with Crippen LogP contribution in [0.1, 0.15) is 0 Å². The van der Waals surface area contributed by atoms with Gasteiger partial charge in [0.25, 0.3) is 0 Å². The molecule has 4 aromatic heterocycles. The number of hydrogen-bond donors (Lipinski definition) is 0. The van der Waals surface area contributed by atoms with Crippen molar-refractivity contribution in [2.24, 2.45) is 0 Å². The summed E-state index contributed by atoms with van der Waals surface area (Å²) in [5, 5.41) is 27.6. The number of fused-ring (bicyclic) bond motifs is 20. The first-order chi connectivity index (χ1) is 65.5. The lowest BCUT2D eigenvalue weighted by atomic mass is 9.86. The van der Waals surface area contributed by atoms with E-state index < -0.39 is 0 Å². The smallest absolute Gasteiger partial charge is 0.0978 e. The van der Waals surface area contributed by atoms with Crippen LogP contribution in [-0.2, 0) is 0 Å². The van der Waals surface area contributed by atoms with Gasteiger partial charge in [-0.25, -0.2) is 9.97 Å². The maximum atomic E-state index is 5.42. The van der Waals surface area contributed by atoms with Crippen molar-refractivity contribution in [1.82, 2.24) is 19.1 Å². The number of benzene rings is 23. The molecule has 0 aliphatic carbocycles. The van der Waals surface area contributed by atoms with Gasteiger partial charge < -0.3 is 9.13 Å². The van der Waals surface area contributed by atoms with E-state index >= 15 is 0 Å². The third-order valence-corrected chi connectivity index (χ3v) is 27.0. The van der Waals surface area contributed by atoms with Crippen LogP contribution >= 0.6 is 0 Å². The first-order valence-electron chi connectivity index (χ1n) is 45.4. The normalized spacial score (nSPS) is 11.6. The molecule has 0 aliphatic rings. The lowest BCUT2D eigenvalue weighted by molar-refractivity contribution is 1.18. The number of para-hydroxylation sites is 2. The molecule has 4 nitrogen and oxygen atoms in total. The second-order valence-electron chi connectivity index (χ2n) is 34.5. The Bertz CT molecular complexity index is 8910. The van der Waals surface area contributed by atoms with E-state index in [0.29, 0.717) is 0 Å². The van der Waals surface area contributed by atoms with Gasteiger partial charge in [0, 0.05) is 54.8 Å². The van der Waals surface area contributed by atoms with Gasteiger partial charge in [0.15, 0.2) is 0 Å². The van der Waals surface area contributed by atoms with Gasteiger partial charge in [0.2, 0.25) is 0 Å². The van der Waals surface area contributed by atoms with Gasteiger partial charge in [0.05, 0.1) is 44.5 Å². The second kappa shape index (κ2) is 32.5. The Morgan fingerprint density at radius 3 is 0.985 bits per heavy atom. The molecule has 0 fully saturated rings. The van der Waals surface area contributed by atoms with E-state index in [2.05, 4.69) is 507 Å². The van der Waals surface area contributed by atoms with Crippen molar-refractivity contribution >= 4 is 152 Å². The fourth-order valence-corrected chi connectivity index (χ4v) is 20.8. The van der Waals surface area contributed by atoms with Gasteiger partial charge in [-0.2, -0.15) is 0 Å². The molecule has 0 unspecified atom stereocenters. The van der Waals surface area contributed by atoms with Crippen LogP contribution in [0.25, 0.3) is 252 Å². The predicted molar refractivity (Wildman–Crippen MR) is 562 cm³/mol. The van der Waals surface area contributed by atoms with E-state index in [1.54, 1.807) is 0 Å². The van der Waals surface area contributed by atoms with Crippen molar-refractivity contribution in [1.29, 1.82) is 0 Å². The van der Waals surface area contributed by atoms with Gasteiger partial charge in [-0.1, -0.05) is 413 Å². The first kappa shape index (κ1) is 76.9. The van der Waals surface area contributed by atoms with E-state index in [0.717, 1.165) is 72.3 Å². The predicted octanol–water partition coefficient (Wildman–Crippen LogP) is 34.9. The van der Waals surface area contributed by atoms with E-state index in [4.69, 9.17) is 9.97 Å². The van der Waals surface area contributed by atoms with Crippen LogP contribution in [-0.4, -0.2) is 19.1 Å². The maximum absolute atomic E-state index is 5.42. The zero-order valence-corrected chi connectivity index (χ0v) is 72.1. The minimum Gasteiger partial charge on any atom is -0.309 e. The largest absolute Gasteiger partial charge is 0.309 e. The molecule has 0 saturated heterocycles. The van der Waals surface area contributed by atoms with Crippen molar-refractivity contribution in [2.45, 2.75) is 0 Å². The zero-order valence-electron chi connectivity index (χ0n) is 72.1. The van der Waals surface area contributed by atoms with E-state index in [1.165, 1.54) is 180 Å². The average Bonchev–Trinajstić information content (AvgIpc) is 1.52. The summed E-state index contributed by atoms with van der Waals surface area (Å²) in [6.45, 7) is 0. The summed E-state index contributed by atoms with van der Waals surface area (Å²) in [4.78, 5) is 10.8. The first-order valence-corrected chi connectivity index (χ1v) is 45.4. The van der Waals surface area contributed by atoms with E-state index in [1.807, 2.05) is 0 Å². The van der Waals surface area contributed by atoms with Crippen molar-refractivity contribution in [2.75, 3.05) is 0 Å². The molecule has 0 bridgehead atoms. The molecule has 0 spiro atoms. The van der Waals surface area contributed by atoms with Gasteiger partial charge in [-0.05, 0) is 238 Å². The van der Waals surface area contributed by atoms with Gasteiger partial charge >= 0.3 is 0 Å². The Labute approximate surface area is 763 Å². The molecule has 0 radical (unpaired) electrons. The Morgan fingerprint density at radius 1 is 0.144 bits per heavy atom. The topological polar surface area (TPSA) is 35.6 Å². The minimum atomic E-state index is 0.904. The SMILES string of the molecule is c1ccc(-c2c3ccccc3c(-c3ccc(-n4c5ccc6ccccc6c5c5c6ccccc6ccc54)cc3)c3ccccc23)cc1.c1ccc(-c2cc(-c3ccc4ccccc4c3)nc3c2ccc2c(-c4ccccc4)cc(-c4ccc5ccccc5c4)nc23)cc1.c1ccc(-n2c3ccccc3c3cc(-c4ccc(-c5cc6ccccc6c6ccccc56)cc4)ccc32)cc1. The van der Waals surface area contributed by atoms with Crippen molar-refractivity contribution in [3.05, 3.63) is 497 Å². The monoisotopic (exact) mass is 1670 g/mol. The third-order valence-electron chi connectivity index (χ3n) is 27.0. The molecule has 0 atom stereocenters. The zero-order chi connectivity index (χ0) is 87.1. The van der Waals surface area contributed by atoms with Crippen LogP contribution in [0.3, 0.4) is 0 Å². The number of nitrogens with zero attached hydrogens (tertiary/aromatic N) is 4. The van der Waals surface area contributed by atoms with Crippen molar-refractivity contribution in [3.8, 4) is 101 Å². The maximum Gasteiger partial charge on any atom is 0.0978 e. The number of rotatable bonds is 10. The Hall–Kier alpha value is -17.4. The molecule has 0 saturated carbocycles. The molecule has 132 heavy (non-hydrogen) atoms. The summed E-state index contributed by atoms with van der Waals surface area (Å²) in [5.41, 5.74) is 27.7. The summed E-state index contributed by atoms with van der Waals surface area (Å²) in [6.07, 6.45) is 0. The number of pyridine rings is 2. The summed E-state index contributed by atoms with van der Waals surface area (Å²) in [5.74, 6) is 0. The summed E-state index contributed by atoms with van der Waals surface area (Å²) in [7, 11) is 0. The molecular formula is C128H82N4. The van der Waals surface area contributed by atoms with E-state index in [-0.39, 0.29) is 0 Å². The molecule has 27 aromatic rings. The summed E-state index contributed by atoms with van der Waals surface area (Å²) < 4.78 is 4.81. The molecule has 0 N–H and O–H groups in total. The molecule has 27 rings (SSSR count). The van der Waals surface area contributed by atoms with Gasteiger partial charge in [-0.3, -0.25) is 0 Å². The fourth-order valence-electron chi connectivity index (χ4n) is 20.8. The number of aromatic nitrogens is 4. The highest BCUT2D eigenvalue weighted by Crippen LogP contribution is 2.48. The second-order valence-corrected chi connectivity index (χ2v) is 34.5. The van der Waals surface area contributed by atoms with Gasteiger partial charge in [0.1, 0.15) is 0 Å². The van der Waals surface area contributed by atoms with Crippen LogP contribution < -0.4 is 0 Å². The van der Waals surface area contributed by atoms with Crippen LogP contribution in [0.5, 0.6) is 0 Å². The fraction of sp³-hybridized carbons (Fsp3) is 0. The van der Waals surface area contributed by atoms with Crippen molar-refractivity contribution in [3.63, 3.8) is 0 Å². The Balaban J connectivity index is 0.000000107. The molecular weight excluding hydrogens is 1590 g/mol. The van der Waals surface area contributed by atoms with E-state index in [9.17, 15) is 0 Å².